The van der Waals surface area contributed by atoms with E-state index in [1.165, 1.54) is 33.9 Å². The molecule has 0 saturated carbocycles. The molecule has 1 amide bonds. The van der Waals surface area contributed by atoms with Crippen LogP contribution in [0.2, 0.25) is 5.02 Å². The summed E-state index contributed by atoms with van der Waals surface area (Å²) in [5, 5.41) is 19.1. The fourth-order valence-electron chi connectivity index (χ4n) is 3.84. The average molecular weight is 481 g/mol. The molecule has 0 bridgehead atoms. The number of aromatic nitrogens is 4. The van der Waals surface area contributed by atoms with Crippen LogP contribution in [0.25, 0.3) is 16.7 Å². The molecule has 0 unspecified atom stereocenters. The molecule has 4 aromatic rings. The molecule has 2 aromatic heterocycles. The number of aryl methyl sites for hydroxylation is 1. The van der Waals surface area contributed by atoms with Gasteiger partial charge in [-0.25, -0.2) is 9.67 Å². The van der Waals surface area contributed by atoms with Crippen molar-refractivity contribution in [3.8, 4) is 5.69 Å². The summed E-state index contributed by atoms with van der Waals surface area (Å²) < 4.78 is 2.41. The van der Waals surface area contributed by atoms with Gasteiger partial charge in [0.25, 0.3) is 11.2 Å². The Hall–Kier alpha value is -4.05. The molecule has 0 aliphatic carbocycles. The fourth-order valence-corrected chi connectivity index (χ4v) is 4.13. The van der Waals surface area contributed by atoms with Gasteiger partial charge in [-0.2, -0.15) is 5.10 Å². The number of nitrogens with one attached hydrogen (secondary N) is 1. The highest BCUT2D eigenvalue weighted by molar-refractivity contribution is 6.32. The monoisotopic (exact) mass is 480 g/mol. The maximum atomic E-state index is 13.0. The minimum Gasteiger partial charge on any atom is -0.324 e. The molecule has 0 aliphatic rings. The van der Waals surface area contributed by atoms with Crippen LogP contribution in [0.5, 0.6) is 0 Å². The summed E-state index contributed by atoms with van der Waals surface area (Å²) in [5.74, 6) is -0.402. The number of rotatable bonds is 7. The number of fused-ring (bicyclic) bond motifs is 1. The highest BCUT2D eigenvalue weighted by Gasteiger charge is 2.20. The smallest absolute Gasteiger partial charge is 0.294 e. The molecule has 2 aromatic carbocycles. The van der Waals surface area contributed by atoms with Crippen molar-refractivity contribution in [2.24, 2.45) is 0 Å². The molecular weight excluding hydrogens is 460 g/mol. The molecular formula is C23H21ClN6O4. The summed E-state index contributed by atoms with van der Waals surface area (Å²) in [5.41, 5.74) is 2.13. The number of para-hydroxylation sites is 2. The molecule has 0 aliphatic heterocycles. The van der Waals surface area contributed by atoms with Gasteiger partial charge in [0.05, 0.1) is 11.1 Å². The number of hydrogen-bond acceptors (Lipinski definition) is 6. The number of nitro benzene ring substituents is 1. The van der Waals surface area contributed by atoms with Gasteiger partial charge < -0.3 is 5.32 Å². The topological polar surface area (TPSA) is 125 Å². The average Bonchev–Trinajstić information content (AvgIpc) is 3.26. The summed E-state index contributed by atoms with van der Waals surface area (Å²) in [6, 6.07) is 9.72. The summed E-state index contributed by atoms with van der Waals surface area (Å²) in [6.07, 6.45) is 3.87. The van der Waals surface area contributed by atoms with Gasteiger partial charge in [0, 0.05) is 16.8 Å². The largest absolute Gasteiger partial charge is 0.324 e. The lowest BCUT2D eigenvalue weighted by molar-refractivity contribution is -0.384. The summed E-state index contributed by atoms with van der Waals surface area (Å²) in [6.45, 7) is 3.67. The maximum absolute atomic E-state index is 13.0. The Balaban J connectivity index is 1.66. The van der Waals surface area contributed by atoms with Gasteiger partial charge in [0.15, 0.2) is 5.65 Å². The molecule has 174 valence electrons. The van der Waals surface area contributed by atoms with E-state index in [1.807, 2.05) is 26.0 Å². The Bertz CT molecular complexity index is 1480. The lowest BCUT2D eigenvalue weighted by Crippen LogP contribution is -2.28. The predicted octanol–water partition coefficient (Wildman–Crippen LogP) is 3.91. The van der Waals surface area contributed by atoms with Crippen LogP contribution in [0, 0.1) is 10.1 Å². The van der Waals surface area contributed by atoms with Gasteiger partial charge in [0.1, 0.15) is 23.9 Å². The number of benzene rings is 2. The van der Waals surface area contributed by atoms with E-state index in [-0.39, 0.29) is 29.0 Å². The first-order chi connectivity index (χ1) is 16.3. The van der Waals surface area contributed by atoms with E-state index in [1.54, 1.807) is 12.1 Å². The SMILES string of the molecule is CCc1ccc(Cl)c(CC)c1NC(=O)Cn1cnc2c(cnn2-c2ccccc2[N+](=O)[O-])c1=O. The van der Waals surface area contributed by atoms with E-state index >= 15 is 0 Å². The van der Waals surface area contributed by atoms with Crippen LogP contribution in [-0.2, 0) is 24.2 Å². The van der Waals surface area contributed by atoms with Crippen LogP contribution >= 0.6 is 11.6 Å². The van der Waals surface area contributed by atoms with E-state index in [2.05, 4.69) is 15.4 Å². The Labute approximate surface area is 199 Å². The number of nitro groups is 1. The van der Waals surface area contributed by atoms with Gasteiger partial charge in [-0.3, -0.25) is 24.3 Å². The standard InChI is InChI=1S/C23H21ClN6O4/c1-3-14-9-10-17(24)15(4-2)21(14)27-20(31)12-28-13-25-22-16(23(28)32)11-26-29(22)18-7-5-6-8-19(18)30(33)34/h5-11,13H,3-4,12H2,1-2H3,(H,27,31). The maximum Gasteiger partial charge on any atom is 0.294 e. The van der Waals surface area contributed by atoms with Crippen molar-refractivity contribution in [1.82, 2.24) is 19.3 Å². The lowest BCUT2D eigenvalue weighted by Gasteiger charge is -2.16. The summed E-state index contributed by atoms with van der Waals surface area (Å²) in [7, 11) is 0. The second-order valence-corrected chi connectivity index (χ2v) is 7.94. The first-order valence-electron chi connectivity index (χ1n) is 10.6. The first kappa shape index (κ1) is 23.1. The lowest BCUT2D eigenvalue weighted by atomic mass is 10.0. The molecule has 10 nitrogen and oxygen atoms in total. The van der Waals surface area contributed by atoms with Gasteiger partial charge >= 0.3 is 0 Å². The molecule has 0 radical (unpaired) electrons. The number of anilines is 1. The van der Waals surface area contributed by atoms with Gasteiger partial charge in [0.2, 0.25) is 5.91 Å². The zero-order valence-corrected chi connectivity index (χ0v) is 19.2. The number of carbonyl (C=O) groups is 1. The summed E-state index contributed by atoms with van der Waals surface area (Å²) >= 11 is 6.31. The first-order valence-corrected chi connectivity index (χ1v) is 11.0. The van der Waals surface area contributed by atoms with E-state index in [9.17, 15) is 19.7 Å². The molecule has 2 heterocycles. The van der Waals surface area contributed by atoms with E-state index in [0.717, 1.165) is 11.1 Å². The van der Waals surface area contributed by atoms with Crippen LogP contribution in [0.3, 0.4) is 0 Å². The fraction of sp³-hybridized carbons (Fsp3) is 0.217. The normalized spacial score (nSPS) is 11.0. The molecule has 34 heavy (non-hydrogen) atoms. The van der Waals surface area contributed by atoms with Crippen molar-refractivity contribution >= 4 is 39.9 Å². The van der Waals surface area contributed by atoms with Crippen LogP contribution in [0.4, 0.5) is 11.4 Å². The number of amides is 1. The van der Waals surface area contributed by atoms with E-state index in [4.69, 9.17) is 11.6 Å². The Morgan fingerprint density at radius 2 is 1.94 bits per heavy atom. The van der Waals surface area contributed by atoms with Crippen molar-refractivity contribution in [3.05, 3.63) is 85.5 Å². The Morgan fingerprint density at radius 1 is 1.18 bits per heavy atom. The quantitative estimate of drug-likeness (QED) is 0.316. The molecule has 1 N–H and O–H groups in total. The molecule has 0 spiro atoms. The van der Waals surface area contributed by atoms with E-state index in [0.29, 0.717) is 23.6 Å². The molecule has 0 fully saturated rings. The summed E-state index contributed by atoms with van der Waals surface area (Å²) in [4.78, 5) is 41.0. The zero-order valence-electron chi connectivity index (χ0n) is 18.5. The number of halogens is 1. The van der Waals surface area contributed by atoms with Crippen molar-refractivity contribution in [2.75, 3.05) is 5.32 Å². The number of nitrogens with zero attached hydrogens (tertiary/aromatic N) is 5. The molecule has 4 rings (SSSR count). The van der Waals surface area contributed by atoms with Gasteiger partial charge in [-0.15, -0.1) is 0 Å². The van der Waals surface area contributed by atoms with Crippen molar-refractivity contribution < 1.29 is 9.72 Å². The van der Waals surface area contributed by atoms with Crippen LogP contribution in [0.1, 0.15) is 25.0 Å². The third-order valence-electron chi connectivity index (χ3n) is 5.52. The van der Waals surface area contributed by atoms with Gasteiger partial charge in [-0.1, -0.05) is 43.6 Å². The highest BCUT2D eigenvalue weighted by atomic mass is 35.5. The second-order valence-electron chi connectivity index (χ2n) is 7.53. The van der Waals surface area contributed by atoms with Crippen molar-refractivity contribution in [3.63, 3.8) is 0 Å². The zero-order chi connectivity index (χ0) is 24.4. The minimum atomic E-state index is -0.528. The van der Waals surface area contributed by atoms with Crippen LogP contribution in [-0.4, -0.2) is 30.2 Å². The molecule has 11 heteroatoms. The molecule has 0 saturated heterocycles. The Kier molecular flexibility index (Phi) is 6.42. The number of hydrogen-bond donors (Lipinski definition) is 1. The van der Waals surface area contributed by atoms with Crippen molar-refractivity contribution in [1.29, 1.82) is 0 Å². The van der Waals surface area contributed by atoms with Gasteiger partial charge in [-0.05, 0) is 36.1 Å². The molecule has 0 atom stereocenters. The Morgan fingerprint density at radius 3 is 2.65 bits per heavy atom. The van der Waals surface area contributed by atoms with Crippen molar-refractivity contribution in [2.45, 2.75) is 33.2 Å². The second kappa shape index (κ2) is 9.44. The highest BCUT2D eigenvalue weighted by Crippen LogP contribution is 2.29. The third-order valence-corrected chi connectivity index (χ3v) is 5.87. The van der Waals surface area contributed by atoms with Crippen LogP contribution < -0.4 is 10.9 Å². The predicted molar refractivity (Wildman–Crippen MR) is 129 cm³/mol. The third kappa shape index (κ3) is 4.15. The number of carbonyl (C=O) groups excluding carboxylic acids is 1. The van der Waals surface area contributed by atoms with Crippen LogP contribution in [0.15, 0.2) is 53.7 Å². The van der Waals surface area contributed by atoms with E-state index < -0.39 is 16.4 Å². The minimum absolute atomic E-state index is 0.139.